The first-order valence-electron chi connectivity index (χ1n) is 11.4. The molecule has 2 N–H and O–H groups in total. The second-order valence-electron chi connectivity index (χ2n) is 9.10. The Morgan fingerprint density at radius 3 is 1.94 bits per heavy atom. The highest BCUT2D eigenvalue weighted by molar-refractivity contribution is 7.89. The summed E-state index contributed by atoms with van der Waals surface area (Å²) in [6.45, 7) is 12.4. The summed E-state index contributed by atoms with van der Waals surface area (Å²) < 4.78 is 28.6. The standard InChI is InChI=1S/C23H36N4O4S/c1-15-16(2)18(4)23(19(5)17(15)3)32(30,31)24-9-8-22(29)27-12-10-26(11-13-27)14-21(28)25-20-6-7-20/h20,24H,6-14H2,1-5H3,(H,25,28). The molecule has 1 aliphatic carbocycles. The fourth-order valence-electron chi connectivity index (χ4n) is 4.25. The highest BCUT2D eigenvalue weighted by Crippen LogP contribution is 2.29. The summed E-state index contributed by atoms with van der Waals surface area (Å²) in [7, 11) is -3.71. The summed E-state index contributed by atoms with van der Waals surface area (Å²) in [4.78, 5) is 28.6. The van der Waals surface area contributed by atoms with E-state index in [2.05, 4.69) is 14.9 Å². The third-order valence-electron chi connectivity index (χ3n) is 6.87. The van der Waals surface area contributed by atoms with Crippen LogP contribution in [-0.2, 0) is 19.6 Å². The largest absolute Gasteiger partial charge is 0.352 e. The maximum atomic E-state index is 13.0. The Morgan fingerprint density at radius 2 is 1.41 bits per heavy atom. The molecule has 0 radical (unpaired) electrons. The lowest BCUT2D eigenvalue weighted by molar-refractivity contribution is -0.133. The zero-order valence-electron chi connectivity index (χ0n) is 19.9. The molecule has 0 bridgehead atoms. The minimum atomic E-state index is -3.71. The Balaban J connectivity index is 1.49. The van der Waals surface area contributed by atoms with E-state index in [1.54, 1.807) is 4.90 Å². The molecule has 0 spiro atoms. The van der Waals surface area contributed by atoms with Crippen LogP contribution in [0.15, 0.2) is 4.90 Å². The first-order chi connectivity index (χ1) is 15.0. The van der Waals surface area contributed by atoms with E-state index in [1.165, 1.54) is 0 Å². The van der Waals surface area contributed by atoms with Crippen LogP contribution in [0.4, 0.5) is 0 Å². The van der Waals surface area contributed by atoms with E-state index < -0.39 is 10.0 Å². The number of nitrogens with zero attached hydrogens (tertiary/aromatic N) is 2. The van der Waals surface area contributed by atoms with Gasteiger partial charge in [0.05, 0.1) is 11.4 Å². The summed E-state index contributed by atoms with van der Waals surface area (Å²) in [5.41, 5.74) is 4.58. The Kier molecular flexibility index (Phi) is 7.62. The average molecular weight is 465 g/mol. The summed E-state index contributed by atoms with van der Waals surface area (Å²) in [5, 5.41) is 2.98. The summed E-state index contributed by atoms with van der Waals surface area (Å²) in [5.74, 6) is -0.0201. The van der Waals surface area contributed by atoms with Gasteiger partial charge in [-0.15, -0.1) is 0 Å². The number of hydrogen-bond donors (Lipinski definition) is 2. The molecule has 32 heavy (non-hydrogen) atoms. The van der Waals surface area contributed by atoms with Gasteiger partial charge in [0.15, 0.2) is 0 Å². The molecule has 1 aromatic carbocycles. The lowest BCUT2D eigenvalue weighted by Gasteiger charge is -2.34. The van der Waals surface area contributed by atoms with Gasteiger partial charge in [0.25, 0.3) is 0 Å². The van der Waals surface area contributed by atoms with Crippen LogP contribution in [0.25, 0.3) is 0 Å². The van der Waals surface area contributed by atoms with Crippen LogP contribution in [0, 0.1) is 34.6 Å². The van der Waals surface area contributed by atoms with Crippen molar-refractivity contribution >= 4 is 21.8 Å². The normalized spacial score (nSPS) is 17.5. The van der Waals surface area contributed by atoms with Crippen LogP contribution in [0.5, 0.6) is 0 Å². The van der Waals surface area contributed by atoms with E-state index in [-0.39, 0.29) is 24.8 Å². The van der Waals surface area contributed by atoms with Gasteiger partial charge in [-0.2, -0.15) is 0 Å². The summed E-state index contributed by atoms with van der Waals surface area (Å²) in [6.07, 6.45) is 2.25. The predicted molar refractivity (Wildman–Crippen MR) is 124 cm³/mol. The van der Waals surface area contributed by atoms with E-state index >= 15 is 0 Å². The van der Waals surface area contributed by atoms with Gasteiger partial charge in [-0.1, -0.05) is 0 Å². The Bertz CT molecular complexity index is 965. The van der Waals surface area contributed by atoms with E-state index in [0.717, 1.165) is 40.7 Å². The van der Waals surface area contributed by atoms with Crippen LogP contribution in [0.3, 0.4) is 0 Å². The molecule has 2 fully saturated rings. The van der Waals surface area contributed by atoms with Gasteiger partial charge in [-0.3, -0.25) is 14.5 Å². The second kappa shape index (κ2) is 9.89. The minimum absolute atomic E-state index is 0.0499. The van der Waals surface area contributed by atoms with E-state index in [1.807, 2.05) is 34.6 Å². The topological polar surface area (TPSA) is 98.8 Å². The highest BCUT2D eigenvalue weighted by Gasteiger charge is 2.27. The van der Waals surface area contributed by atoms with Crippen molar-refractivity contribution in [3.8, 4) is 0 Å². The van der Waals surface area contributed by atoms with Crippen LogP contribution in [0.2, 0.25) is 0 Å². The number of piperazine rings is 1. The third-order valence-corrected chi connectivity index (χ3v) is 8.60. The van der Waals surface area contributed by atoms with E-state index in [4.69, 9.17) is 0 Å². The van der Waals surface area contributed by atoms with Gasteiger partial charge in [0.1, 0.15) is 0 Å². The second-order valence-corrected chi connectivity index (χ2v) is 10.8. The molecule has 0 atom stereocenters. The lowest BCUT2D eigenvalue weighted by Crippen LogP contribution is -2.51. The van der Waals surface area contributed by atoms with E-state index in [9.17, 15) is 18.0 Å². The number of sulfonamides is 1. The fraction of sp³-hybridized carbons (Fsp3) is 0.652. The van der Waals surface area contributed by atoms with Crippen molar-refractivity contribution in [3.63, 3.8) is 0 Å². The van der Waals surface area contributed by atoms with Crippen molar-refractivity contribution in [2.75, 3.05) is 39.3 Å². The number of benzene rings is 1. The van der Waals surface area contributed by atoms with Gasteiger partial charge in [-0.25, -0.2) is 13.1 Å². The molecule has 2 amide bonds. The number of rotatable bonds is 8. The molecule has 1 heterocycles. The Labute approximate surface area is 191 Å². The number of nitrogens with one attached hydrogen (secondary N) is 2. The lowest BCUT2D eigenvalue weighted by atomic mass is 9.95. The molecule has 178 valence electrons. The molecule has 1 aromatic rings. The van der Waals surface area contributed by atoms with Gasteiger partial charge in [-0.05, 0) is 75.3 Å². The van der Waals surface area contributed by atoms with Gasteiger partial charge in [0.2, 0.25) is 21.8 Å². The molecular formula is C23H36N4O4S. The average Bonchev–Trinajstić information content (AvgIpc) is 3.54. The smallest absolute Gasteiger partial charge is 0.241 e. The van der Waals surface area contributed by atoms with Gasteiger partial charge in [0, 0.05) is 45.2 Å². The molecule has 1 aliphatic heterocycles. The molecule has 0 aromatic heterocycles. The van der Waals surface area contributed by atoms with Crippen molar-refractivity contribution in [1.29, 1.82) is 0 Å². The van der Waals surface area contributed by atoms with Crippen LogP contribution < -0.4 is 10.0 Å². The highest BCUT2D eigenvalue weighted by atomic mass is 32.2. The zero-order valence-corrected chi connectivity index (χ0v) is 20.7. The summed E-state index contributed by atoms with van der Waals surface area (Å²) in [6, 6.07) is 0.356. The minimum Gasteiger partial charge on any atom is -0.352 e. The number of carbonyl (C=O) groups excluding carboxylic acids is 2. The van der Waals surface area contributed by atoms with Crippen molar-refractivity contribution in [2.24, 2.45) is 0 Å². The maximum Gasteiger partial charge on any atom is 0.241 e. The fourth-order valence-corrected chi connectivity index (χ4v) is 5.88. The third kappa shape index (κ3) is 5.68. The monoisotopic (exact) mass is 464 g/mol. The van der Waals surface area contributed by atoms with Gasteiger partial charge < -0.3 is 10.2 Å². The molecule has 0 unspecified atom stereocenters. The van der Waals surface area contributed by atoms with Crippen LogP contribution in [0.1, 0.15) is 47.1 Å². The number of amides is 2. The van der Waals surface area contributed by atoms with E-state index in [0.29, 0.717) is 43.7 Å². The van der Waals surface area contributed by atoms with Crippen molar-refractivity contribution in [1.82, 2.24) is 19.8 Å². The molecule has 3 rings (SSSR count). The molecule has 9 heteroatoms. The number of hydrogen-bond acceptors (Lipinski definition) is 5. The molecule has 1 saturated carbocycles. The van der Waals surface area contributed by atoms with Crippen molar-refractivity contribution < 1.29 is 18.0 Å². The quantitative estimate of drug-likeness (QED) is 0.605. The summed E-state index contributed by atoms with van der Waals surface area (Å²) >= 11 is 0. The molecular weight excluding hydrogens is 428 g/mol. The number of carbonyl (C=O) groups is 2. The molecule has 2 aliphatic rings. The van der Waals surface area contributed by atoms with Crippen LogP contribution >= 0.6 is 0 Å². The zero-order chi connectivity index (χ0) is 23.6. The predicted octanol–water partition coefficient (Wildman–Crippen LogP) is 1.32. The van der Waals surface area contributed by atoms with Gasteiger partial charge >= 0.3 is 0 Å². The first-order valence-corrected chi connectivity index (χ1v) is 12.9. The van der Waals surface area contributed by atoms with Crippen LogP contribution in [-0.4, -0.2) is 75.3 Å². The molecule has 1 saturated heterocycles. The van der Waals surface area contributed by atoms with Crippen molar-refractivity contribution in [2.45, 2.75) is 64.8 Å². The Morgan fingerprint density at radius 1 is 0.875 bits per heavy atom. The Hall–Kier alpha value is -1.97. The SMILES string of the molecule is Cc1c(C)c(C)c(S(=O)(=O)NCCC(=O)N2CCN(CC(=O)NC3CC3)CC2)c(C)c1C. The van der Waals surface area contributed by atoms with Crippen molar-refractivity contribution in [3.05, 3.63) is 27.8 Å². The molecule has 8 nitrogen and oxygen atoms in total. The maximum absolute atomic E-state index is 13.0. The first kappa shape index (κ1) is 24.7.